The number of ether oxygens (including phenoxy) is 1. The van der Waals surface area contributed by atoms with Gasteiger partial charge in [0.1, 0.15) is 10.6 Å². The van der Waals surface area contributed by atoms with E-state index in [1.807, 2.05) is 61.5 Å². The molecule has 0 atom stereocenters. The maximum atomic E-state index is 12.7. The van der Waals surface area contributed by atoms with Gasteiger partial charge in [0.15, 0.2) is 0 Å². The van der Waals surface area contributed by atoms with Gasteiger partial charge in [0.2, 0.25) is 5.91 Å². The lowest BCUT2D eigenvalue weighted by Gasteiger charge is -2.09. The summed E-state index contributed by atoms with van der Waals surface area (Å²) in [4.78, 5) is 26.2. The van der Waals surface area contributed by atoms with E-state index in [1.165, 1.54) is 11.3 Å². The zero-order valence-corrected chi connectivity index (χ0v) is 17.9. The van der Waals surface area contributed by atoms with E-state index in [2.05, 4.69) is 5.32 Å². The highest BCUT2D eigenvalue weighted by molar-refractivity contribution is 7.17. The number of halogens is 1. The molecule has 1 amide bonds. The van der Waals surface area contributed by atoms with Crippen LogP contribution in [0.2, 0.25) is 5.02 Å². The molecule has 0 bridgehead atoms. The number of amides is 1. The Kier molecular flexibility index (Phi) is 7.07. The number of rotatable bonds is 7. The molecule has 3 rings (SSSR count). The van der Waals surface area contributed by atoms with Gasteiger partial charge in [-0.25, -0.2) is 4.79 Å². The normalized spacial score (nSPS) is 10.6. The van der Waals surface area contributed by atoms with E-state index < -0.39 is 5.97 Å². The zero-order chi connectivity index (χ0) is 20.8. The summed E-state index contributed by atoms with van der Waals surface area (Å²) in [6.45, 7) is 3.98. The van der Waals surface area contributed by atoms with Crippen LogP contribution in [0.25, 0.3) is 11.1 Å². The molecule has 1 heterocycles. The first-order chi connectivity index (χ1) is 14.0. The maximum Gasteiger partial charge on any atom is 0.341 e. The summed E-state index contributed by atoms with van der Waals surface area (Å²) in [5.41, 5.74) is 3.18. The molecule has 1 N–H and O–H groups in total. The van der Waals surface area contributed by atoms with Crippen LogP contribution in [-0.4, -0.2) is 18.5 Å². The van der Waals surface area contributed by atoms with E-state index in [9.17, 15) is 9.59 Å². The summed E-state index contributed by atoms with van der Waals surface area (Å²) in [6, 6.07) is 17.1. The van der Waals surface area contributed by atoms with Crippen LogP contribution < -0.4 is 5.32 Å². The second-order valence-electron chi connectivity index (χ2n) is 6.50. The Morgan fingerprint density at radius 2 is 1.76 bits per heavy atom. The van der Waals surface area contributed by atoms with Crippen LogP contribution in [-0.2, 0) is 16.0 Å². The van der Waals surface area contributed by atoms with E-state index in [4.69, 9.17) is 16.3 Å². The van der Waals surface area contributed by atoms with Crippen LogP contribution in [0.15, 0.2) is 54.6 Å². The second-order valence-corrected chi connectivity index (χ2v) is 8.16. The minimum Gasteiger partial charge on any atom is -0.462 e. The number of anilines is 1. The lowest BCUT2D eigenvalue weighted by molar-refractivity contribution is -0.116. The monoisotopic (exact) mass is 427 g/mol. The number of thiophene rings is 1. The predicted octanol–water partition coefficient (Wildman–Crippen LogP) is 6.12. The smallest absolute Gasteiger partial charge is 0.341 e. The molecule has 0 fully saturated rings. The first-order valence-electron chi connectivity index (χ1n) is 9.39. The summed E-state index contributed by atoms with van der Waals surface area (Å²) in [5.74, 6) is -0.574. The van der Waals surface area contributed by atoms with Gasteiger partial charge in [-0.15, -0.1) is 11.3 Å². The Labute approximate surface area is 179 Å². The summed E-state index contributed by atoms with van der Waals surface area (Å²) < 4.78 is 5.27. The van der Waals surface area contributed by atoms with Crippen molar-refractivity contribution in [2.75, 3.05) is 11.9 Å². The van der Waals surface area contributed by atoms with E-state index in [-0.39, 0.29) is 12.5 Å². The fourth-order valence-electron chi connectivity index (χ4n) is 3.08. The minimum atomic E-state index is -0.427. The molecular formula is C23H22ClNO3S. The molecular weight excluding hydrogens is 406 g/mol. The van der Waals surface area contributed by atoms with Crippen LogP contribution in [0.3, 0.4) is 0 Å². The summed E-state index contributed by atoms with van der Waals surface area (Å²) in [7, 11) is 0. The van der Waals surface area contributed by atoms with Crippen molar-refractivity contribution in [2.24, 2.45) is 0 Å². The van der Waals surface area contributed by atoms with E-state index in [1.54, 1.807) is 6.92 Å². The zero-order valence-electron chi connectivity index (χ0n) is 16.3. The van der Waals surface area contributed by atoms with Crippen LogP contribution in [0.4, 0.5) is 5.00 Å². The quantitative estimate of drug-likeness (QED) is 0.462. The fourth-order valence-corrected chi connectivity index (χ4v) is 4.29. The van der Waals surface area contributed by atoms with Gasteiger partial charge in [-0.05, 0) is 43.5 Å². The number of carbonyl (C=O) groups is 2. The summed E-state index contributed by atoms with van der Waals surface area (Å²) in [5, 5.41) is 4.11. The van der Waals surface area contributed by atoms with Gasteiger partial charge in [0.25, 0.3) is 0 Å². The molecule has 0 saturated heterocycles. The number of carbonyl (C=O) groups excluding carboxylic acids is 2. The Balaban J connectivity index is 1.83. The van der Waals surface area contributed by atoms with Gasteiger partial charge < -0.3 is 10.1 Å². The second kappa shape index (κ2) is 9.72. The summed E-state index contributed by atoms with van der Waals surface area (Å²) in [6.07, 6.45) is 0.898. The molecule has 29 heavy (non-hydrogen) atoms. The fraction of sp³-hybridized carbons (Fsp3) is 0.217. The molecule has 0 aliphatic rings. The molecule has 0 radical (unpaired) electrons. The SMILES string of the molecule is CCOC(=O)c1c(NC(=O)CCc2ccc(Cl)cc2)sc(C)c1-c1ccccc1. The first-order valence-corrected chi connectivity index (χ1v) is 10.6. The van der Waals surface area contributed by atoms with E-state index in [0.717, 1.165) is 21.6 Å². The number of esters is 1. The standard InChI is InChI=1S/C23H22ClNO3S/c1-3-28-23(27)21-20(17-7-5-4-6-8-17)15(2)29-22(21)25-19(26)14-11-16-9-12-18(24)13-10-16/h4-10,12-13H,3,11,14H2,1-2H3,(H,25,26). The topological polar surface area (TPSA) is 55.4 Å². The molecule has 2 aromatic carbocycles. The average molecular weight is 428 g/mol. The molecule has 1 aromatic heterocycles. The first kappa shape index (κ1) is 21.1. The van der Waals surface area contributed by atoms with Crippen molar-refractivity contribution < 1.29 is 14.3 Å². The van der Waals surface area contributed by atoms with Crippen LogP contribution in [0.5, 0.6) is 0 Å². The van der Waals surface area contributed by atoms with Crippen molar-refractivity contribution in [3.8, 4) is 11.1 Å². The Morgan fingerprint density at radius 1 is 1.07 bits per heavy atom. The lowest BCUT2D eigenvalue weighted by Crippen LogP contribution is -2.15. The van der Waals surface area contributed by atoms with E-state index >= 15 is 0 Å². The van der Waals surface area contributed by atoms with Crippen LogP contribution in [0, 0.1) is 6.92 Å². The number of nitrogens with one attached hydrogen (secondary N) is 1. The Hall–Kier alpha value is -2.63. The van der Waals surface area contributed by atoms with Crippen molar-refractivity contribution in [3.05, 3.63) is 75.6 Å². The van der Waals surface area contributed by atoms with Crippen LogP contribution >= 0.6 is 22.9 Å². The third kappa shape index (κ3) is 5.25. The highest BCUT2D eigenvalue weighted by Gasteiger charge is 2.25. The van der Waals surface area contributed by atoms with Crippen molar-refractivity contribution in [1.82, 2.24) is 0 Å². The Morgan fingerprint density at radius 3 is 2.41 bits per heavy atom. The third-order valence-corrected chi connectivity index (χ3v) is 5.71. The Bertz CT molecular complexity index is 997. The average Bonchev–Trinajstić information content (AvgIpc) is 3.04. The maximum absolute atomic E-state index is 12.7. The molecule has 3 aromatic rings. The van der Waals surface area contributed by atoms with Crippen molar-refractivity contribution in [2.45, 2.75) is 26.7 Å². The minimum absolute atomic E-state index is 0.147. The molecule has 4 nitrogen and oxygen atoms in total. The van der Waals surface area contributed by atoms with Crippen molar-refractivity contribution in [3.63, 3.8) is 0 Å². The molecule has 150 valence electrons. The summed E-state index contributed by atoms with van der Waals surface area (Å²) >= 11 is 7.29. The van der Waals surface area contributed by atoms with Crippen molar-refractivity contribution in [1.29, 1.82) is 0 Å². The van der Waals surface area contributed by atoms with Gasteiger partial charge >= 0.3 is 5.97 Å². The van der Waals surface area contributed by atoms with Gasteiger partial charge in [-0.3, -0.25) is 4.79 Å². The van der Waals surface area contributed by atoms with Crippen LogP contribution in [0.1, 0.15) is 34.1 Å². The van der Waals surface area contributed by atoms with Gasteiger partial charge in [-0.2, -0.15) is 0 Å². The van der Waals surface area contributed by atoms with Gasteiger partial charge in [0, 0.05) is 21.9 Å². The van der Waals surface area contributed by atoms with E-state index in [0.29, 0.717) is 28.4 Å². The molecule has 0 spiro atoms. The number of aryl methyl sites for hydroxylation is 2. The largest absolute Gasteiger partial charge is 0.462 e. The van der Waals surface area contributed by atoms with Gasteiger partial charge in [-0.1, -0.05) is 54.1 Å². The molecule has 0 aliphatic carbocycles. The van der Waals surface area contributed by atoms with Gasteiger partial charge in [0.05, 0.1) is 6.61 Å². The predicted molar refractivity (Wildman–Crippen MR) is 119 cm³/mol. The highest BCUT2D eigenvalue weighted by atomic mass is 35.5. The number of hydrogen-bond acceptors (Lipinski definition) is 4. The lowest BCUT2D eigenvalue weighted by atomic mass is 10.0. The molecule has 0 aliphatic heterocycles. The molecule has 6 heteroatoms. The molecule has 0 saturated carbocycles. The highest BCUT2D eigenvalue weighted by Crippen LogP contribution is 2.40. The number of hydrogen-bond donors (Lipinski definition) is 1. The van der Waals surface area contributed by atoms with Crippen molar-refractivity contribution >= 4 is 39.8 Å². The number of benzene rings is 2. The molecule has 0 unspecified atom stereocenters. The third-order valence-electron chi connectivity index (χ3n) is 4.43.